The quantitative estimate of drug-likeness (QED) is 0.450. The molecule has 1 aliphatic rings. The van der Waals surface area contributed by atoms with E-state index in [9.17, 15) is 9.90 Å². The first kappa shape index (κ1) is 19.3. The molecule has 2 N–H and O–H groups in total. The van der Waals surface area contributed by atoms with Crippen LogP contribution in [0.2, 0.25) is 0 Å². The van der Waals surface area contributed by atoms with Gasteiger partial charge in [0.15, 0.2) is 4.77 Å². The Labute approximate surface area is 163 Å². The third kappa shape index (κ3) is 4.81. The van der Waals surface area contributed by atoms with E-state index in [1.807, 2.05) is 12.1 Å². The summed E-state index contributed by atoms with van der Waals surface area (Å²) in [6.07, 6.45) is 6.81. The molecule has 1 saturated heterocycles. The number of nitrogens with one attached hydrogen (secondary N) is 2. The van der Waals surface area contributed by atoms with Gasteiger partial charge < -0.3 is 14.6 Å². The van der Waals surface area contributed by atoms with Crippen LogP contribution < -0.4 is 15.6 Å². The van der Waals surface area contributed by atoms with Gasteiger partial charge in [-0.1, -0.05) is 18.2 Å². The van der Waals surface area contributed by atoms with E-state index >= 15 is 0 Å². The second-order valence-corrected chi connectivity index (χ2v) is 7.18. The fourth-order valence-corrected chi connectivity index (χ4v) is 3.58. The summed E-state index contributed by atoms with van der Waals surface area (Å²) in [6, 6.07) is 7.93. The van der Waals surface area contributed by atoms with E-state index < -0.39 is 11.4 Å². The maximum Gasteiger partial charge on any atom is 0.259 e. The standard InChI is InChI=1S/C20H24N4O2S/c1-2-10-24-19(26)17(18(25)22-20(24)27)13-21-16-8-6-15(7-9-16)14-23-11-4-3-5-12-23/h2,6-9,13,26H,1,3-5,10-12,14H2,(H,22,25,27). The van der Waals surface area contributed by atoms with Gasteiger partial charge in [0.1, 0.15) is 6.54 Å². The van der Waals surface area contributed by atoms with Crippen LogP contribution >= 0.6 is 12.2 Å². The van der Waals surface area contributed by atoms with Crippen molar-refractivity contribution in [2.45, 2.75) is 32.4 Å². The zero-order valence-corrected chi connectivity index (χ0v) is 16.1. The predicted octanol–water partition coefficient (Wildman–Crippen LogP) is 1.48. The van der Waals surface area contributed by atoms with Gasteiger partial charge in [0.25, 0.3) is 5.56 Å². The molecule has 0 bridgehead atoms. The van der Waals surface area contributed by atoms with Gasteiger partial charge in [-0.15, -0.1) is 6.58 Å². The fraction of sp³-hybridized carbons (Fsp3) is 0.350. The topological polar surface area (TPSA) is 77.6 Å². The number of hydrogen-bond donors (Lipinski definition) is 2. The van der Waals surface area contributed by atoms with Gasteiger partial charge in [0.05, 0.1) is 24.3 Å². The van der Waals surface area contributed by atoms with Crippen LogP contribution in [0.1, 0.15) is 30.4 Å². The zero-order valence-electron chi connectivity index (χ0n) is 15.2. The lowest BCUT2D eigenvalue weighted by molar-refractivity contribution is -0.918. The number of benzene rings is 1. The number of quaternary nitrogens is 1. The molecule has 1 aliphatic heterocycles. The number of H-pyrrole nitrogens is 1. The van der Waals surface area contributed by atoms with Crippen LogP contribution in [-0.2, 0) is 13.1 Å². The third-order valence-corrected chi connectivity index (χ3v) is 5.11. The monoisotopic (exact) mass is 384 g/mol. The van der Waals surface area contributed by atoms with Crippen molar-refractivity contribution >= 4 is 24.1 Å². The van der Waals surface area contributed by atoms with Crippen LogP contribution in [0, 0.1) is 4.77 Å². The smallest absolute Gasteiger partial charge is 0.259 e. The number of nitrogens with zero attached hydrogens (tertiary/aromatic N) is 2. The zero-order chi connectivity index (χ0) is 19.2. The van der Waals surface area contributed by atoms with Crippen LogP contribution in [0.4, 0.5) is 5.69 Å². The van der Waals surface area contributed by atoms with Gasteiger partial charge >= 0.3 is 0 Å². The van der Waals surface area contributed by atoms with Gasteiger partial charge in [-0.05, 0) is 49.5 Å². The molecule has 0 aliphatic carbocycles. The van der Waals surface area contributed by atoms with Gasteiger partial charge in [-0.25, -0.2) is 0 Å². The Bertz CT molecular complexity index is 938. The molecular formula is C20H24N4O2S. The second-order valence-electron chi connectivity index (χ2n) is 6.79. The molecule has 2 aromatic rings. The largest absolute Gasteiger partial charge is 0.859 e. The van der Waals surface area contributed by atoms with E-state index in [1.54, 1.807) is 11.0 Å². The number of aromatic nitrogens is 2. The first-order valence-corrected chi connectivity index (χ1v) is 9.61. The van der Waals surface area contributed by atoms with E-state index in [0.717, 1.165) is 6.54 Å². The molecule has 1 aromatic carbocycles. The van der Waals surface area contributed by atoms with Crippen molar-refractivity contribution in [3.8, 4) is 5.88 Å². The maximum atomic E-state index is 12.4. The first-order valence-electron chi connectivity index (χ1n) is 9.20. The van der Waals surface area contributed by atoms with Gasteiger partial charge in [-0.2, -0.15) is 0 Å². The minimum absolute atomic E-state index is 0.0349. The van der Waals surface area contributed by atoms with E-state index in [-0.39, 0.29) is 16.9 Å². The van der Waals surface area contributed by atoms with Crippen LogP contribution in [0.3, 0.4) is 0 Å². The van der Waals surface area contributed by atoms with Gasteiger partial charge in [0.2, 0.25) is 0 Å². The third-order valence-electron chi connectivity index (χ3n) is 4.79. The number of likely N-dealkylation sites (tertiary alicyclic amines) is 1. The van der Waals surface area contributed by atoms with Crippen LogP contribution in [-0.4, -0.2) is 28.9 Å². The molecule has 1 fully saturated rings. The molecule has 6 nitrogen and oxygen atoms in total. The second kappa shape index (κ2) is 8.92. The van der Waals surface area contributed by atoms with Crippen LogP contribution in [0.5, 0.6) is 5.88 Å². The fourth-order valence-electron chi connectivity index (χ4n) is 3.33. The minimum atomic E-state index is -0.528. The molecule has 0 saturated carbocycles. The minimum Gasteiger partial charge on any atom is -0.859 e. The van der Waals surface area contributed by atoms with E-state index in [2.05, 4.69) is 28.7 Å². The van der Waals surface area contributed by atoms with Crippen molar-refractivity contribution in [1.82, 2.24) is 9.55 Å². The summed E-state index contributed by atoms with van der Waals surface area (Å²) >= 11 is 5.02. The lowest BCUT2D eigenvalue weighted by Gasteiger charge is -2.23. The van der Waals surface area contributed by atoms with Gasteiger partial charge in [-0.3, -0.25) is 14.8 Å². The Morgan fingerprint density at radius 1 is 1.26 bits per heavy atom. The van der Waals surface area contributed by atoms with E-state index in [0.29, 0.717) is 5.69 Å². The highest BCUT2D eigenvalue weighted by molar-refractivity contribution is 7.71. The maximum absolute atomic E-state index is 12.4. The number of piperidine rings is 1. The Kier molecular flexibility index (Phi) is 6.36. The van der Waals surface area contributed by atoms with E-state index in [4.69, 9.17) is 12.2 Å². The molecule has 2 heterocycles. The van der Waals surface area contributed by atoms with Crippen molar-refractivity contribution in [1.29, 1.82) is 0 Å². The van der Waals surface area contributed by atoms with Crippen LogP contribution in [0.25, 0.3) is 0 Å². The molecule has 7 heteroatoms. The number of allylic oxidation sites excluding steroid dienone is 1. The molecule has 3 rings (SSSR count). The molecule has 1 aromatic heterocycles. The predicted molar refractivity (Wildman–Crippen MR) is 107 cm³/mol. The highest BCUT2D eigenvalue weighted by Gasteiger charge is 2.13. The lowest BCUT2D eigenvalue weighted by atomic mass is 10.1. The van der Waals surface area contributed by atoms with E-state index in [1.165, 1.54) is 48.7 Å². The molecular weight excluding hydrogens is 360 g/mol. The number of aromatic amines is 1. The Hall–Kier alpha value is -2.51. The summed E-state index contributed by atoms with van der Waals surface area (Å²) < 4.78 is 1.38. The molecule has 27 heavy (non-hydrogen) atoms. The highest BCUT2D eigenvalue weighted by atomic mass is 32.1. The average molecular weight is 385 g/mol. The van der Waals surface area contributed by atoms with Crippen molar-refractivity contribution in [2.24, 2.45) is 4.99 Å². The van der Waals surface area contributed by atoms with Crippen LogP contribution in [0.15, 0.2) is 46.7 Å². The normalized spacial score (nSPS) is 15.3. The van der Waals surface area contributed by atoms with Crippen molar-refractivity contribution < 1.29 is 10.0 Å². The number of aliphatic imine (C=N–C) groups is 1. The molecule has 0 spiro atoms. The summed E-state index contributed by atoms with van der Waals surface area (Å²) in [7, 11) is 0. The molecule has 0 radical (unpaired) electrons. The summed E-state index contributed by atoms with van der Waals surface area (Å²) in [6.45, 7) is 7.33. The van der Waals surface area contributed by atoms with Crippen molar-refractivity contribution in [2.75, 3.05) is 13.1 Å². The lowest BCUT2D eigenvalue weighted by Crippen LogP contribution is -3.11. The molecule has 0 unspecified atom stereocenters. The highest BCUT2D eigenvalue weighted by Crippen LogP contribution is 2.14. The Balaban J connectivity index is 1.76. The Morgan fingerprint density at radius 3 is 2.63 bits per heavy atom. The number of hydrogen-bond acceptors (Lipinski definition) is 4. The summed E-state index contributed by atoms with van der Waals surface area (Å²) in [5.74, 6) is -0.460. The van der Waals surface area contributed by atoms with Crippen molar-refractivity contribution in [3.05, 3.63) is 63.2 Å². The molecule has 0 amide bonds. The summed E-state index contributed by atoms with van der Waals surface area (Å²) in [4.78, 5) is 20.5. The molecule has 0 atom stereocenters. The average Bonchev–Trinajstić information content (AvgIpc) is 2.67. The molecule has 142 valence electrons. The number of rotatable bonds is 6. The van der Waals surface area contributed by atoms with Crippen molar-refractivity contribution in [3.63, 3.8) is 0 Å². The summed E-state index contributed by atoms with van der Waals surface area (Å²) in [5.41, 5.74) is 1.41. The summed E-state index contributed by atoms with van der Waals surface area (Å²) in [5, 5.41) is 12.4. The van der Waals surface area contributed by atoms with Gasteiger partial charge in [0, 0.05) is 18.3 Å². The SMILES string of the molecule is C=CCn1c([O-])c(C=Nc2ccc(C[NH+]3CCCCC3)cc2)c(=O)[nH]c1=S. The first-order chi connectivity index (χ1) is 13.1. The Morgan fingerprint density at radius 2 is 1.96 bits per heavy atom.